The molecule has 0 saturated carbocycles. The third-order valence-corrected chi connectivity index (χ3v) is 4.80. The average Bonchev–Trinajstić information content (AvgIpc) is 3.02. The number of carbonyl (C=O) groups is 2. The van der Waals surface area contributed by atoms with E-state index >= 15 is 0 Å². The van der Waals surface area contributed by atoms with Gasteiger partial charge in [0.05, 0.1) is 5.56 Å². The van der Waals surface area contributed by atoms with E-state index in [2.05, 4.69) is 15.9 Å². The molecule has 0 fully saturated rings. The van der Waals surface area contributed by atoms with Gasteiger partial charge in [-0.05, 0) is 35.9 Å². The first-order chi connectivity index (χ1) is 13.6. The minimum Gasteiger partial charge on any atom is -0.485 e. The molecule has 0 aromatic heterocycles. The molecular weight excluding hydrogens is 420 g/mol. The number of hydrogen-bond acceptors (Lipinski definition) is 4. The molecule has 1 aliphatic heterocycles. The summed E-state index contributed by atoms with van der Waals surface area (Å²) in [6.45, 7) is -0.0962. The summed E-state index contributed by atoms with van der Waals surface area (Å²) in [5, 5.41) is 0. The maximum absolute atomic E-state index is 12.5. The lowest BCUT2D eigenvalue weighted by atomic mass is 10.1. The van der Waals surface area contributed by atoms with Crippen LogP contribution in [0.5, 0.6) is 11.5 Å². The second-order valence-corrected chi connectivity index (χ2v) is 7.14. The Kier molecular flexibility index (Phi) is 5.08. The van der Waals surface area contributed by atoms with Gasteiger partial charge in [-0.25, -0.2) is 0 Å². The minimum atomic E-state index is -0.170. The zero-order valence-electron chi connectivity index (χ0n) is 14.7. The highest BCUT2D eigenvalue weighted by atomic mass is 79.9. The summed E-state index contributed by atoms with van der Waals surface area (Å²) in [6.07, 6.45) is 1.71. The van der Waals surface area contributed by atoms with Gasteiger partial charge in [-0.15, -0.1) is 0 Å². The molecule has 4 nitrogen and oxygen atoms in total. The molecule has 138 valence electrons. The number of benzene rings is 3. The van der Waals surface area contributed by atoms with Crippen LogP contribution in [0.25, 0.3) is 6.08 Å². The van der Waals surface area contributed by atoms with Crippen LogP contribution in [0.2, 0.25) is 0 Å². The molecule has 3 aromatic carbocycles. The summed E-state index contributed by atoms with van der Waals surface area (Å²) in [5.41, 5.74) is 1.94. The van der Waals surface area contributed by atoms with Gasteiger partial charge < -0.3 is 9.47 Å². The predicted octanol–water partition coefficient (Wildman–Crippen LogP) is 5.33. The van der Waals surface area contributed by atoms with Crippen molar-refractivity contribution in [2.45, 2.75) is 0 Å². The first kappa shape index (κ1) is 18.2. The zero-order chi connectivity index (χ0) is 19.5. The Morgan fingerprint density at radius 3 is 2.50 bits per heavy atom. The lowest BCUT2D eigenvalue weighted by Crippen LogP contribution is -2.11. The zero-order valence-corrected chi connectivity index (χ0v) is 16.3. The summed E-state index contributed by atoms with van der Waals surface area (Å²) < 4.78 is 12.2. The molecule has 3 aromatic rings. The van der Waals surface area contributed by atoms with Gasteiger partial charge in [0.2, 0.25) is 5.78 Å². The summed E-state index contributed by atoms with van der Waals surface area (Å²) >= 11 is 3.34. The van der Waals surface area contributed by atoms with Gasteiger partial charge in [-0.1, -0.05) is 58.4 Å². The Morgan fingerprint density at radius 1 is 1.00 bits per heavy atom. The Hall–Kier alpha value is -3.18. The molecule has 0 saturated heterocycles. The standard InChI is InChI=1S/C23H15BrO4/c24-17-8-6-16(7-9-17)20(25)14-27-18-10-11-19-21(13-18)28-22(23(19)26)12-15-4-2-1-3-5-15/h1-13H,14H2/b22-12-. The molecule has 5 heteroatoms. The number of fused-ring (bicyclic) bond motifs is 1. The molecule has 0 N–H and O–H groups in total. The van der Waals surface area contributed by atoms with E-state index in [0.29, 0.717) is 22.6 Å². The molecule has 1 aliphatic rings. The van der Waals surface area contributed by atoms with E-state index in [0.717, 1.165) is 10.0 Å². The van der Waals surface area contributed by atoms with Crippen molar-refractivity contribution in [2.75, 3.05) is 6.61 Å². The van der Waals surface area contributed by atoms with Crippen LogP contribution >= 0.6 is 15.9 Å². The molecule has 0 radical (unpaired) electrons. The highest BCUT2D eigenvalue weighted by molar-refractivity contribution is 9.10. The number of carbonyl (C=O) groups excluding carboxylic acids is 2. The third-order valence-electron chi connectivity index (χ3n) is 4.27. The summed E-state index contributed by atoms with van der Waals surface area (Å²) in [7, 11) is 0. The minimum absolute atomic E-state index is 0.0962. The SMILES string of the molecule is O=C(COc1ccc2c(c1)O/C(=C\c1ccccc1)C2=O)c1ccc(Br)cc1. The van der Waals surface area contributed by atoms with E-state index < -0.39 is 0 Å². The van der Waals surface area contributed by atoms with E-state index in [-0.39, 0.29) is 23.9 Å². The highest BCUT2D eigenvalue weighted by Gasteiger charge is 2.27. The van der Waals surface area contributed by atoms with Gasteiger partial charge in [0, 0.05) is 16.1 Å². The van der Waals surface area contributed by atoms with Crippen molar-refractivity contribution in [3.05, 3.63) is 99.7 Å². The van der Waals surface area contributed by atoms with Crippen LogP contribution in [0.4, 0.5) is 0 Å². The van der Waals surface area contributed by atoms with Crippen LogP contribution in [0, 0.1) is 0 Å². The van der Waals surface area contributed by atoms with E-state index in [1.54, 1.807) is 36.4 Å². The van der Waals surface area contributed by atoms with Crippen LogP contribution in [0.1, 0.15) is 26.3 Å². The van der Waals surface area contributed by atoms with Gasteiger partial charge in [-0.2, -0.15) is 0 Å². The fourth-order valence-electron chi connectivity index (χ4n) is 2.83. The van der Waals surface area contributed by atoms with Crippen molar-refractivity contribution in [1.82, 2.24) is 0 Å². The summed E-state index contributed by atoms with van der Waals surface area (Å²) in [5.74, 6) is 0.869. The van der Waals surface area contributed by atoms with Crippen molar-refractivity contribution in [2.24, 2.45) is 0 Å². The number of ether oxygens (including phenoxy) is 2. The Balaban J connectivity index is 1.46. The van der Waals surface area contributed by atoms with Crippen LogP contribution in [0.15, 0.2) is 83.0 Å². The first-order valence-corrected chi connectivity index (χ1v) is 9.44. The second-order valence-electron chi connectivity index (χ2n) is 6.23. The molecule has 0 amide bonds. The molecule has 4 rings (SSSR count). The van der Waals surface area contributed by atoms with Crippen molar-refractivity contribution in [1.29, 1.82) is 0 Å². The summed E-state index contributed by atoms with van der Waals surface area (Å²) in [4.78, 5) is 24.7. The maximum Gasteiger partial charge on any atom is 0.231 e. The maximum atomic E-state index is 12.5. The number of allylic oxidation sites excluding steroid dienone is 1. The predicted molar refractivity (Wildman–Crippen MR) is 110 cm³/mol. The highest BCUT2D eigenvalue weighted by Crippen LogP contribution is 2.34. The normalized spacial score (nSPS) is 13.9. The quantitative estimate of drug-likeness (QED) is 0.402. The van der Waals surface area contributed by atoms with E-state index in [1.807, 2.05) is 42.5 Å². The summed E-state index contributed by atoms with van der Waals surface area (Å²) in [6, 6.07) is 21.5. The van der Waals surface area contributed by atoms with Crippen LogP contribution in [-0.4, -0.2) is 18.2 Å². The fraction of sp³-hybridized carbons (Fsp3) is 0.0435. The third kappa shape index (κ3) is 3.89. The Bertz CT molecular complexity index is 1070. The molecule has 1 heterocycles. The fourth-order valence-corrected chi connectivity index (χ4v) is 3.09. The van der Waals surface area contributed by atoms with Crippen molar-refractivity contribution >= 4 is 33.6 Å². The Labute approximate surface area is 170 Å². The monoisotopic (exact) mass is 434 g/mol. The molecule has 28 heavy (non-hydrogen) atoms. The van der Waals surface area contributed by atoms with Gasteiger partial charge >= 0.3 is 0 Å². The van der Waals surface area contributed by atoms with Gasteiger partial charge in [0.15, 0.2) is 18.1 Å². The second kappa shape index (κ2) is 7.82. The van der Waals surface area contributed by atoms with E-state index in [9.17, 15) is 9.59 Å². The van der Waals surface area contributed by atoms with E-state index in [1.165, 1.54) is 0 Å². The van der Waals surface area contributed by atoms with Crippen molar-refractivity contribution in [3.63, 3.8) is 0 Å². The topological polar surface area (TPSA) is 52.6 Å². The molecule has 0 aliphatic carbocycles. The lowest BCUT2D eigenvalue weighted by molar-refractivity contribution is 0.0921. The number of rotatable bonds is 5. The van der Waals surface area contributed by atoms with Crippen LogP contribution in [0.3, 0.4) is 0 Å². The molecule has 0 atom stereocenters. The van der Waals surface area contributed by atoms with Crippen LogP contribution in [-0.2, 0) is 0 Å². The van der Waals surface area contributed by atoms with E-state index in [4.69, 9.17) is 9.47 Å². The molecule has 0 spiro atoms. The van der Waals surface area contributed by atoms with Gasteiger partial charge in [-0.3, -0.25) is 9.59 Å². The van der Waals surface area contributed by atoms with Crippen LogP contribution < -0.4 is 9.47 Å². The molecule has 0 bridgehead atoms. The number of halogens is 1. The van der Waals surface area contributed by atoms with Crippen molar-refractivity contribution < 1.29 is 19.1 Å². The lowest BCUT2D eigenvalue weighted by Gasteiger charge is -2.07. The largest absolute Gasteiger partial charge is 0.485 e. The molecular formula is C23H15BrO4. The molecule has 0 unspecified atom stereocenters. The van der Waals surface area contributed by atoms with Gasteiger partial charge in [0.1, 0.15) is 11.5 Å². The number of hydrogen-bond donors (Lipinski definition) is 0. The van der Waals surface area contributed by atoms with Crippen molar-refractivity contribution in [3.8, 4) is 11.5 Å². The average molecular weight is 435 g/mol. The number of Topliss-reactive ketones (excluding diaryl/α,β-unsaturated/α-hetero) is 2. The van der Waals surface area contributed by atoms with Gasteiger partial charge in [0.25, 0.3) is 0 Å². The number of ketones is 2. The Morgan fingerprint density at radius 2 is 1.75 bits per heavy atom. The first-order valence-electron chi connectivity index (χ1n) is 8.65. The smallest absolute Gasteiger partial charge is 0.231 e.